The summed E-state index contributed by atoms with van der Waals surface area (Å²) in [5.41, 5.74) is 2.52. The number of piperazine rings is 1. The lowest BCUT2D eigenvalue weighted by Gasteiger charge is -2.48. The van der Waals surface area contributed by atoms with Gasteiger partial charge >= 0.3 is 6.36 Å². The molecule has 0 amide bonds. The van der Waals surface area contributed by atoms with Gasteiger partial charge in [0.1, 0.15) is 23.0 Å². The van der Waals surface area contributed by atoms with Gasteiger partial charge in [-0.2, -0.15) is 5.26 Å². The second-order valence-corrected chi connectivity index (χ2v) is 8.93. The molecule has 8 nitrogen and oxygen atoms in total. The predicted molar refractivity (Wildman–Crippen MR) is 128 cm³/mol. The Morgan fingerprint density at radius 3 is 2.53 bits per heavy atom. The molecule has 1 aliphatic heterocycles. The summed E-state index contributed by atoms with van der Waals surface area (Å²) in [6.45, 7) is 4.66. The van der Waals surface area contributed by atoms with Crippen molar-refractivity contribution in [3.8, 4) is 11.8 Å². The van der Waals surface area contributed by atoms with Crippen LogP contribution >= 0.6 is 0 Å². The van der Waals surface area contributed by atoms with Crippen LogP contribution in [0.3, 0.4) is 0 Å². The SMILES string of the molecule is CC(c1ccc(OC(F)(F)F)cc1)N1C[C@@H](C)N(c2cc(=O)n(C)c3ccc(C#N)nc23)CC1CO. The number of hydrogen-bond donors (Lipinski definition) is 1. The van der Waals surface area contributed by atoms with E-state index in [9.17, 15) is 28.3 Å². The van der Waals surface area contributed by atoms with E-state index in [4.69, 9.17) is 0 Å². The summed E-state index contributed by atoms with van der Waals surface area (Å²) in [6.07, 6.45) is -4.76. The first kappa shape index (κ1) is 25.5. The summed E-state index contributed by atoms with van der Waals surface area (Å²) < 4.78 is 42.9. The molecule has 1 N–H and O–H groups in total. The summed E-state index contributed by atoms with van der Waals surface area (Å²) in [6, 6.07) is 11.9. The summed E-state index contributed by atoms with van der Waals surface area (Å²) >= 11 is 0. The lowest BCUT2D eigenvalue weighted by atomic mass is 9.99. The van der Waals surface area contributed by atoms with Crippen molar-refractivity contribution in [1.82, 2.24) is 14.5 Å². The molecule has 0 bridgehead atoms. The Balaban J connectivity index is 1.63. The van der Waals surface area contributed by atoms with Crippen LogP contribution in [0.15, 0.2) is 47.3 Å². The minimum Gasteiger partial charge on any atom is -0.406 e. The maximum atomic E-state index is 12.7. The number of aromatic nitrogens is 2. The zero-order chi connectivity index (χ0) is 26.2. The van der Waals surface area contributed by atoms with Crippen molar-refractivity contribution in [3.05, 3.63) is 64.1 Å². The molecular formula is C25H26F3N5O3. The molecule has 3 atom stereocenters. The number of aryl methyl sites for hydroxylation is 1. The molecule has 190 valence electrons. The normalized spacial score (nSPS) is 19.8. The van der Waals surface area contributed by atoms with Crippen LogP contribution in [0, 0.1) is 11.3 Å². The van der Waals surface area contributed by atoms with Crippen LogP contribution in [0.1, 0.15) is 31.1 Å². The van der Waals surface area contributed by atoms with Gasteiger partial charge in [0, 0.05) is 38.3 Å². The van der Waals surface area contributed by atoms with E-state index in [1.54, 1.807) is 31.3 Å². The number of alkyl halides is 3. The number of fused-ring (bicyclic) bond motifs is 1. The highest BCUT2D eigenvalue weighted by Gasteiger charge is 2.36. The molecule has 36 heavy (non-hydrogen) atoms. The number of benzene rings is 1. The standard InChI is InChI=1S/C25H26F3N5O3/c1-15-12-33(16(2)17-4-7-20(8-5-17)36-25(26,27)28)19(14-34)13-32(15)22-10-23(35)31(3)21-9-6-18(11-29)30-24(21)22/h4-10,15-16,19,34H,12-14H2,1-3H3/t15-,16?,19?/m1/s1. The van der Waals surface area contributed by atoms with Gasteiger partial charge in [-0.15, -0.1) is 13.2 Å². The predicted octanol–water partition coefficient (Wildman–Crippen LogP) is 3.34. The lowest BCUT2D eigenvalue weighted by Crippen LogP contribution is -2.59. The van der Waals surface area contributed by atoms with Crippen molar-refractivity contribution in [3.63, 3.8) is 0 Å². The third-order valence-corrected chi connectivity index (χ3v) is 6.68. The van der Waals surface area contributed by atoms with Crippen LogP contribution in [0.5, 0.6) is 5.75 Å². The van der Waals surface area contributed by atoms with Crippen molar-refractivity contribution in [2.24, 2.45) is 7.05 Å². The second-order valence-electron chi connectivity index (χ2n) is 8.93. The van der Waals surface area contributed by atoms with Crippen LogP contribution in [-0.4, -0.2) is 57.7 Å². The molecule has 0 spiro atoms. The van der Waals surface area contributed by atoms with E-state index >= 15 is 0 Å². The van der Waals surface area contributed by atoms with Crippen molar-refractivity contribution in [2.75, 3.05) is 24.6 Å². The Morgan fingerprint density at radius 2 is 1.92 bits per heavy atom. The van der Waals surface area contributed by atoms with Crippen molar-refractivity contribution in [1.29, 1.82) is 5.26 Å². The minimum absolute atomic E-state index is 0.0917. The van der Waals surface area contributed by atoms with Crippen molar-refractivity contribution >= 4 is 16.7 Å². The summed E-state index contributed by atoms with van der Waals surface area (Å²) in [5.74, 6) is -0.294. The van der Waals surface area contributed by atoms with Gasteiger partial charge in [0.25, 0.3) is 5.56 Å². The van der Waals surface area contributed by atoms with E-state index < -0.39 is 6.36 Å². The van der Waals surface area contributed by atoms with Gasteiger partial charge in [-0.05, 0) is 43.7 Å². The summed E-state index contributed by atoms with van der Waals surface area (Å²) in [5, 5.41) is 19.6. The first-order valence-electron chi connectivity index (χ1n) is 11.4. The number of rotatable bonds is 5. The van der Waals surface area contributed by atoms with Crippen LogP contribution in [0.4, 0.5) is 18.9 Å². The molecule has 1 aliphatic rings. The van der Waals surface area contributed by atoms with Crippen LogP contribution in [0.2, 0.25) is 0 Å². The highest BCUT2D eigenvalue weighted by atomic mass is 19.4. The molecule has 4 rings (SSSR count). The van der Waals surface area contributed by atoms with Crippen molar-refractivity contribution < 1.29 is 23.0 Å². The third kappa shape index (κ3) is 5.01. The molecule has 0 radical (unpaired) electrons. The monoisotopic (exact) mass is 501 g/mol. The minimum atomic E-state index is -4.76. The summed E-state index contributed by atoms with van der Waals surface area (Å²) in [4.78, 5) is 21.3. The number of aliphatic hydroxyl groups is 1. The van der Waals surface area contributed by atoms with Gasteiger partial charge in [-0.1, -0.05) is 12.1 Å². The largest absolute Gasteiger partial charge is 0.573 e. The van der Waals surface area contributed by atoms with E-state index in [0.29, 0.717) is 29.8 Å². The Labute approximate surface area is 205 Å². The average molecular weight is 502 g/mol. The number of ether oxygens (including phenoxy) is 1. The second kappa shape index (κ2) is 9.79. The van der Waals surface area contributed by atoms with E-state index in [1.165, 1.54) is 22.8 Å². The van der Waals surface area contributed by atoms with E-state index in [-0.39, 0.29) is 41.7 Å². The molecule has 3 aromatic rings. The maximum absolute atomic E-state index is 12.7. The molecule has 1 aromatic carbocycles. The van der Waals surface area contributed by atoms with Gasteiger partial charge in [0.15, 0.2) is 0 Å². The zero-order valence-electron chi connectivity index (χ0n) is 20.0. The molecule has 1 saturated heterocycles. The first-order valence-corrected chi connectivity index (χ1v) is 11.4. The number of aliphatic hydroxyl groups excluding tert-OH is 1. The van der Waals surface area contributed by atoms with E-state index in [0.717, 1.165) is 5.56 Å². The van der Waals surface area contributed by atoms with Gasteiger partial charge in [0.05, 0.1) is 23.9 Å². The highest BCUT2D eigenvalue weighted by Crippen LogP contribution is 2.33. The Kier molecular flexibility index (Phi) is 6.93. The average Bonchev–Trinajstić information content (AvgIpc) is 2.85. The van der Waals surface area contributed by atoms with E-state index in [1.807, 2.05) is 24.8 Å². The fraction of sp³-hybridized carbons (Fsp3) is 0.400. The fourth-order valence-corrected chi connectivity index (χ4v) is 4.77. The number of nitrogens with zero attached hydrogens (tertiary/aromatic N) is 5. The molecule has 2 aromatic heterocycles. The van der Waals surface area contributed by atoms with Gasteiger partial charge in [-0.25, -0.2) is 4.98 Å². The Morgan fingerprint density at radius 1 is 1.22 bits per heavy atom. The third-order valence-electron chi connectivity index (χ3n) is 6.68. The van der Waals surface area contributed by atoms with Gasteiger partial charge in [0.2, 0.25) is 0 Å². The first-order chi connectivity index (χ1) is 17.0. The quantitative estimate of drug-likeness (QED) is 0.573. The molecule has 11 heteroatoms. The number of halogens is 3. The molecular weight excluding hydrogens is 475 g/mol. The van der Waals surface area contributed by atoms with Crippen LogP contribution in [-0.2, 0) is 7.05 Å². The molecule has 1 fully saturated rings. The topological polar surface area (TPSA) is 94.6 Å². The molecule has 0 aliphatic carbocycles. The number of nitriles is 1. The number of hydrogen-bond acceptors (Lipinski definition) is 7. The molecule has 3 heterocycles. The maximum Gasteiger partial charge on any atom is 0.573 e. The summed E-state index contributed by atoms with van der Waals surface area (Å²) in [7, 11) is 1.65. The van der Waals surface area contributed by atoms with Gasteiger partial charge < -0.3 is 19.3 Å². The molecule has 2 unspecified atom stereocenters. The molecule has 0 saturated carbocycles. The Bertz CT molecular complexity index is 1350. The van der Waals surface area contributed by atoms with Crippen LogP contribution < -0.4 is 15.2 Å². The van der Waals surface area contributed by atoms with Gasteiger partial charge in [-0.3, -0.25) is 9.69 Å². The lowest BCUT2D eigenvalue weighted by molar-refractivity contribution is -0.274. The number of anilines is 1. The fourth-order valence-electron chi connectivity index (χ4n) is 4.77. The Hall–Kier alpha value is -3.62. The highest BCUT2D eigenvalue weighted by molar-refractivity contribution is 5.89. The smallest absolute Gasteiger partial charge is 0.406 e. The zero-order valence-corrected chi connectivity index (χ0v) is 20.0. The van der Waals surface area contributed by atoms with E-state index in [2.05, 4.69) is 14.6 Å². The van der Waals surface area contributed by atoms with Crippen LogP contribution in [0.25, 0.3) is 11.0 Å². The van der Waals surface area contributed by atoms with Crippen molar-refractivity contribution in [2.45, 2.75) is 38.3 Å². The number of pyridine rings is 2.